The van der Waals surface area contributed by atoms with Crippen molar-refractivity contribution in [2.75, 3.05) is 18.9 Å². The fraction of sp³-hybridized carbons (Fsp3) is 0.273. The van der Waals surface area contributed by atoms with Crippen LogP contribution in [-0.4, -0.2) is 25.4 Å². The van der Waals surface area contributed by atoms with Gasteiger partial charge < -0.3 is 16.4 Å². The zero-order chi connectivity index (χ0) is 12.1. The molecule has 0 saturated heterocycles. The highest BCUT2D eigenvalue weighted by Gasteiger charge is 2.06. The minimum Gasteiger partial charge on any atom is -0.366 e. The molecule has 1 aromatic carbocycles. The molecule has 94 valence electrons. The third-order valence-corrected chi connectivity index (χ3v) is 2.11. The highest BCUT2D eigenvalue weighted by molar-refractivity contribution is 5.96. The van der Waals surface area contributed by atoms with Crippen molar-refractivity contribution in [2.45, 2.75) is 6.92 Å². The van der Waals surface area contributed by atoms with Crippen LogP contribution in [0.5, 0.6) is 0 Å². The number of amides is 2. The maximum atomic E-state index is 11.3. The van der Waals surface area contributed by atoms with Gasteiger partial charge in [0.05, 0.1) is 6.54 Å². The van der Waals surface area contributed by atoms with Crippen molar-refractivity contribution in [1.29, 1.82) is 0 Å². The Hall–Kier alpha value is -1.59. The Kier molecular flexibility index (Phi) is 6.23. The summed E-state index contributed by atoms with van der Waals surface area (Å²) in [6.07, 6.45) is 0. The molecule has 0 bridgehead atoms. The third-order valence-electron chi connectivity index (χ3n) is 2.11. The van der Waals surface area contributed by atoms with Crippen LogP contribution in [0, 0.1) is 6.92 Å². The van der Waals surface area contributed by atoms with Gasteiger partial charge in [0.15, 0.2) is 0 Å². The van der Waals surface area contributed by atoms with E-state index in [2.05, 4.69) is 10.6 Å². The number of nitrogens with two attached hydrogens (primary N) is 1. The number of carbonyl (C=O) groups excluding carboxylic acids is 2. The minimum absolute atomic E-state index is 0. The highest BCUT2D eigenvalue weighted by Crippen LogP contribution is 2.14. The van der Waals surface area contributed by atoms with Crippen LogP contribution >= 0.6 is 12.4 Å². The molecule has 0 aliphatic rings. The molecule has 17 heavy (non-hydrogen) atoms. The molecular formula is C11H16ClN3O2. The van der Waals surface area contributed by atoms with E-state index >= 15 is 0 Å². The quantitative estimate of drug-likeness (QED) is 0.741. The van der Waals surface area contributed by atoms with Crippen LogP contribution in [0.4, 0.5) is 5.69 Å². The van der Waals surface area contributed by atoms with Crippen molar-refractivity contribution in [3.63, 3.8) is 0 Å². The first-order valence-electron chi connectivity index (χ1n) is 4.89. The Balaban J connectivity index is 0.00000256. The second-order valence-corrected chi connectivity index (χ2v) is 3.47. The predicted octanol–water partition coefficient (Wildman–Crippen LogP) is 0.674. The van der Waals surface area contributed by atoms with Gasteiger partial charge in [-0.15, -0.1) is 12.4 Å². The number of halogens is 1. The summed E-state index contributed by atoms with van der Waals surface area (Å²) in [5.41, 5.74) is 7.04. The lowest BCUT2D eigenvalue weighted by atomic mass is 10.1. The molecule has 0 unspecified atom stereocenters. The normalized spacial score (nSPS) is 9.29. The standard InChI is InChI=1S/C11H15N3O2.ClH/c1-7-5-8(14-10(15)6-13-2)3-4-9(7)11(12)16;/h3-5,13H,6H2,1-2H3,(H2,12,16)(H,14,15);1H. The Morgan fingerprint density at radius 3 is 2.47 bits per heavy atom. The van der Waals surface area contributed by atoms with E-state index < -0.39 is 5.91 Å². The van der Waals surface area contributed by atoms with E-state index in [4.69, 9.17) is 5.73 Å². The van der Waals surface area contributed by atoms with Crippen molar-refractivity contribution >= 4 is 29.9 Å². The number of benzene rings is 1. The smallest absolute Gasteiger partial charge is 0.248 e. The SMILES string of the molecule is CNCC(=O)Nc1ccc(C(N)=O)c(C)c1.Cl. The first-order chi connectivity index (χ1) is 7.54. The lowest BCUT2D eigenvalue weighted by Crippen LogP contribution is -2.25. The number of anilines is 1. The van der Waals surface area contributed by atoms with E-state index in [9.17, 15) is 9.59 Å². The fourth-order valence-electron chi connectivity index (χ4n) is 1.38. The van der Waals surface area contributed by atoms with Crippen LogP contribution in [-0.2, 0) is 4.79 Å². The summed E-state index contributed by atoms with van der Waals surface area (Å²) in [6.45, 7) is 2.02. The summed E-state index contributed by atoms with van der Waals surface area (Å²) >= 11 is 0. The van der Waals surface area contributed by atoms with Crippen molar-refractivity contribution in [3.8, 4) is 0 Å². The molecule has 2 amide bonds. The molecule has 0 spiro atoms. The molecular weight excluding hydrogens is 242 g/mol. The van der Waals surface area contributed by atoms with Crippen molar-refractivity contribution < 1.29 is 9.59 Å². The monoisotopic (exact) mass is 257 g/mol. The summed E-state index contributed by atoms with van der Waals surface area (Å²) in [5, 5.41) is 5.44. The molecule has 0 saturated carbocycles. The molecule has 4 N–H and O–H groups in total. The molecule has 0 heterocycles. The van der Waals surface area contributed by atoms with Gasteiger partial charge in [0.25, 0.3) is 0 Å². The average Bonchev–Trinajstić information content (AvgIpc) is 2.17. The van der Waals surface area contributed by atoms with E-state index in [0.717, 1.165) is 5.56 Å². The first-order valence-corrected chi connectivity index (χ1v) is 4.89. The molecule has 0 aliphatic carbocycles. The number of likely N-dealkylation sites (N-methyl/N-ethyl adjacent to an activating group) is 1. The highest BCUT2D eigenvalue weighted by atomic mass is 35.5. The number of rotatable bonds is 4. The number of aryl methyl sites for hydroxylation is 1. The Morgan fingerprint density at radius 2 is 2.00 bits per heavy atom. The Labute approximate surface area is 106 Å². The first kappa shape index (κ1) is 15.4. The van der Waals surface area contributed by atoms with E-state index in [1.54, 1.807) is 32.2 Å². The maximum absolute atomic E-state index is 11.3. The number of hydrogen-bond acceptors (Lipinski definition) is 3. The molecule has 1 rings (SSSR count). The zero-order valence-corrected chi connectivity index (χ0v) is 10.6. The van der Waals surface area contributed by atoms with Crippen LogP contribution in [0.15, 0.2) is 18.2 Å². The summed E-state index contributed by atoms with van der Waals surface area (Å²) in [4.78, 5) is 22.3. The second kappa shape index (κ2) is 6.88. The van der Waals surface area contributed by atoms with Gasteiger partial charge in [-0.1, -0.05) is 0 Å². The molecule has 0 aromatic heterocycles. The zero-order valence-electron chi connectivity index (χ0n) is 9.74. The van der Waals surface area contributed by atoms with E-state index in [1.165, 1.54) is 0 Å². The fourth-order valence-corrected chi connectivity index (χ4v) is 1.38. The topological polar surface area (TPSA) is 84.2 Å². The molecule has 0 aliphatic heterocycles. The van der Waals surface area contributed by atoms with Gasteiger partial charge in [-0.25, -0.2) is 0 Å². The summed E-state index contributed by atoms with van der Waals surface area (Å²) in [6, 6.07) is 4.97. The summed E-state index contributed by atoms with van der Waals surface area (Å²) in [5.74, 6) is -0.598. The predicted molar refractivity (Wildman–Crippen MR) is 69.5 cm³/mol. The van der Waals surface area contributed by atoms with Crippen molar-refractivity contribution in [2.24, 2.45) is 5.73 Å². The van der Waals surface area contributed by atoms with Crippen LogP contribution < -0.4 is 16.4 Å². The third kappa shape index (κ3) is 4.42. The van der Waals surface area contributed by atoms with Crippen LogP contribution in [0.2, 0.25) is 0 Å². The van der Waals surface area contributed by atoms with Gasteiger partial charge in [0.1, 0.15) is 0 Å². The van der Waals surface area contributed by atoms with Gasteiger partial charge in [-0.2, -0.15) is 0 Å². The average molecular weight is 258 g/mol. The van der Waals surface area contributed by atoms with Crippen LogP contribution in [0.25, 0.3) is 0 Å². The maximum Gasteiger partial charge on any atom is 0.248 e. The van der Waals surface area contributed by atoms with Crippen LogP contribution in [0.1, 0.15) is 15.9 Å². The molecule has 0 atom stereocenters. The van der Waals surface area contributed by atoms with Gasteiger partial charge in [-0.3, -0.25) is 9.59 Å². The number of nitrogens with one attached hydrogen (secondary N) is 2. The molecule has 5 nitrogen and oxygen atoms in total. The Bertz CT molecular complexity index is 421. The number of carbonyl (C=O) groups is 2. The molecule has 6 heteroatoms. The van der Waals surface area contributed by atoms with Crippen LogP contribution in [0.3, 0.4) is 0 Å². The van der Waals surface area contributed by atoms with Gasteiger partial charge >= 0.3 is 0 Å². The van der Waals surface area contributed by atoms with Gasteiger partial charge in [0.2, 0.25) is 11.8 Å². The van der Waals surface area contributed by atoms with E-state index in [1.807, 2.05) is 0 Å². The molecule has 1 aromatic rings. The summed E-state index contributed by atoms with van der Waals surface area (Å²) in [7, 11) is 1.70. The molecule has 0 fully saturated rings. The van der Waals surface area contributed by atoms with Gasteiger partial charge in [0, 0.05) is 11.3 Å². The lowest BCUT2D eigenvalue weighted by molar-refractivity contribution is -0.115. The second-order valence-electron chi connectivity index (χ2n) is 3.47. The number of hydrogen-bond donors (Lipinski definition) is 3. The van der Waals surface area contributed by atoms with E-state index in [0.29, 0.717) is 11.3 Å². The van der Waals surface area contributed by atoms with Crippen molar-refractivity contribution in [1.82, 2.24) is 5.32 Å². The van der Waals surface area contributed by atoms with Gasteiger partial charge in [-0.05, 0) is 37.7 Å². The molecule has 0 radical (unpaired) electrons. The lowest BCUT2D eigenvalue weighted by Gasteiger charge is -2.07. The van der Waals surface area contributed by atoms with E-state index in [-0.39, 0.29) is 24.9 Å². The minimum atomic E-state index is -0.467. The summed E-state index contributed by atoms with van der Waals surface area (Å²) < 4.78 is 0. The Morgan fingerprint density at radius 1 is 1.35 bits per heavy atom. The number of primary amides is 1. The largest absolute Gasteiger partial charge is 0.366 e. The van der Waals surface area contributed by atoms with Crippen molar-refractivity contribution in [3.05, 3.63) is 29.3 Å².